The molecule has 0 aliphatic rings. The van der Waals surface area contributed by atoms with Crippen molar-refractivity contribution < 1.29 is 13.7 Å². The van der Waals surface area contributed by atoms with E-state index in [-0.39, 0.29) is 11.3 Å². The van der Waals surface area contributed by atoms with Crippen molar-refractivity contribution in [2.45, 2.75) is 0 Å². The van der Waals surface area contributed by atoms with Crippen molar-refractivity contribution in [2.75, 3.05) is 0 Å². The monoisotopic (exact) mass is 235 g/mol. The van der Waals surface area contributed by atoms with Crippen molar-refractivity contribution in [1.82, 2.24) is 0 Å². The maximum atomic E-state index is 13.4. The summed E-state index contributed by atoms with van der Waals surface area (Å²) < 4.78 is 26.4. The van der Waals surface area contributed by atoms with E-state index in [0.717, 1.165) is 18.2 Å². The van der Waals surface area contributed by atoms with Gasteiger partial charge in [0.2, 0.25) is 0 Å². The predicted octanol–water partition coefficient (Wildman–Crippen LogP) is 3.54. The minimum Gasteiger partial charge on any atom is -0.258 e. The lowest BCUT2D eigenvalue weighted by Gasteiger charge is -2.03. The average Bonchev–Trinajstić information content (AvgIpc) is 2.32. The van der Waals surface area contributed by atoms with Crippen LogP contribution < -0.4 is 0 Å². The third-order valence-electron chi connectivity index (χ3n) is 2.32. The van der Waals surface area contributed by atoms with Crippen LogP contribution in [0.25, 0.3) is 11.1 Å². The Labute approximate surface area is 95.5 Å². The maximum Gasteiger partial charge on any atom is 0.269 e. The molecule has 0 spiro atoms. The van der Waals surface area contributed by atoms with Gasteiger partial charge in [-0.15, -0.1) is 0 Å². The lowest BCUT2D eigenvalue weighted by Crippen LogP contribution is -1.89. The zero-order valence-electron chi connectivity index (χ0n) is 8.56. The Kier molecular flexibility index (Phi) is 2.82. The van der Waals surface area contributed by atoms with E-state index in [9.17, 15) is 18.9 Å². The molecule has 0 N–H and O–H groups in total. The summed E-state index contributed by atoms with van der Waals surface area (Å²) in [6.45, 7) is 0. The van der Waals surface area contributed by atoms with E-state index in [1.807, 2.05) is 0 Å². The van der Waals surface area contributed by atoms with Crippen LogP contribution in [0.5, 0.6) is 0 Å². The molecule has 0 saturated carbocycles. The van der Waals surface area contributed by atoms with Gasteiger partial charge in [-0.05, 0) is 35.9 Å². The van der Waals surface area contributed by atoms with E-state index < -0.39 is 16.6 Å². The second kappa shape index (κ2) is 4.29. The van der Waals surface area contributed by atoms with Gasteiger partial charge in [0.05, 0.1) is 4.92 Å². The van der Waals surface area contributed by atoms with Crippen molar-refractivity contribution in [3.63, 3.8) is 0 Å². The molecular formula is C12H7F2NO2. The van der Waals surface area contributed by atoms with Gasteiger partial charge >= 0.3 is 0 Å². The average molecular weight is 235 g/mol. The summed E-state index contributed by atoms with van der Waals surface area (Å²) in [6.07, 6.45) is 0. The number of benzene rings is 2. The third kappa shape index (κ3) is 2.28. The van der Waals surface area contributed by atoms with Gasteiger partial charge in [0, 0.05) is 17.7 Å². The molecule has 0 heterocycles. The molecule has 0 bridgehead atoms. The van der Waals surface area contributed by atoms with Gasteiger partial charge in [0.1, 0.15) is 11.6 Å². The van der Waals surface area contributed by atoms with E-state index in [1.165, 1.54) is 24.3 Å². The second-order valence-corrected chi connectivity index (χ2v) is 3.43. The zero-order chi connectivity index (χ0) is 12.4. The fraction of sp³-hybridized carbons (Fsp3) is 0. The highest BCUT2D eigenvalue weighted by Gasteiger charge is 2.09. The van der Waals surface area contributed by atoms with Crippen molar-refractivity contribution in [3.8, 4) is 11.1 Å². The molecule has 0 fully saturated rings. The fourth-order valence-corrected chi connectivity index (χ4v) is 1.48. The number of non-ortho nitro benzene ring substituents is 1. The molecule has 86 valence electrons. The van der Waals surface area contributed by atoms with E-state index in [4.69, 9.17) is 0 Å². The first kappa shape index (κ1) is 11.2. The van der Waals surface area contributed by atoms with E-state index in [0.29, 0.717) is 5.56 Å². The number of rotatable bonds is 2. The maximum absolute atomic E-state index is 13.4. The van der Waals surface area contributed by atoms with Crippen LogP contribution in [0.2, 0.25) is 0 Å². The number of nitrogens with zero attached hydrogens (tertiary/aromatic N) is 1. The number of hydrogen-bond acceptors (Lipinski definition) is 2. The topological polar surface area (TPSA) is 43.1 Å². The lowest BCUT2D eigenvalue weighted by atomic mass is 10.0. The van der Waals surface area contributed by atoms with Gasteiger partial charge in [0.25, 0.3) is 5.69 Å². The minimum atomic E-state index is -0.569. The molecule has 17 heavy (non-hydrogen) atoms. The zero-order valence-corrected chi connectivity index (χ0v) is 8.56. The Balaban J connectivity index is 2.46. The Morgan fingerprint density at radius 1 is 1.00 bits per heavy atom. The largest absolute Gasteiger partial charge is 0.269 e. The molecule has 0 amide bonds. The molecule has 0 aromatic heterocycles. The van der Waals surface area contributed by atoms with Crippen LogP contribution in [0.3, 0.4) is 0 Å². The summed E-state index contributed by atoms with van der Waals surface area (Å²) in [5.41, 5.74) is 0.387. The van der Waals surface area contributed by atoms with Crippen LogP contribution >= 0.6 is 0 Å². The highest BCUT2D eigenvalue weighted by Crippen LogP contribution is 2.25. The van der Waals surface area contributed by atoms with Crippen LogP contribution in [-0.4, -0.2) is 4.92 Å². The molecule has 2 aromatic carbocycles. The summed E-state index contributed by atoms with van der Waals surface area (Å²) in [5.74, 6) is -1.12. The third-order valence-corrected chi connectivity index (χ3v) is 2.32. The first-order valence-corrected chi connectivity index (χ1v) is 4.78. The quantitative estimate of drug-likeness (QED) is 0.590. The Morgan fingerprint density at radius 3 is 2.24 bits per heavy atom. The molecule has 3 nitrogen and oxygen atoms in total. The minimum absolute atomic E-state index is 0.0832. The van der Waals surface area contributed by atoms with Crippen LogP contribution in [0.4, 0.5) is 14.5 Å². The lowest BCUT2D eigenvalue weighted by molar-refractivity contribution is -0.384. The van der Waals surface area contributed by atoms with Gasteiger partial charge in [-0.25, -0.2) is 8.78 Å². The fourth-order valence-electron chi connectivity index (χ4n) is 1.48. The molecule has 0 aliphatic heterocycles. The summed E-state index contributed by atoms with van der Waals surface area (Å²) in [6, 6.07) is 8.36. The number of hydrogen-bond donors (Lipinski definition) is 0. The SMILES string of the molecule is O=[N+]([O-])c1ccc(-c2cc(F)ccc2F)cc1. The van der Waals surface area contributed by atoms with Crippen LogP contribution in [-0.2, 0) is 0 Å². The number of nitro benzene ring substituents is 1. The van der Waals surface area contributed by atoms with Gasteiger partial charge in [-0.3, -0.25) is 10.1 Å². The molecule has 0 aliphatic carbocycles. The van der Waals surface area contributed by atoms with E-state index in [1.54, 1.807) is 0 Å². The molecule has 0 atom stereocenters. The Morgan fingerprint density at radius 2 is 1.65 bits per heavy atom. The summed E-state index contributed by atoms with van der Waals surface area (Å²) in [4.78, 5) is 9.89. The summed E-state index contributed by atoms with van der Waals surface area (Å²) >= 11 is 0. The molecule has 5 heteroatoms. The van der Waals surface area contributed by atoms with Crippen molar-refractivity contribution in [1.29, 1.82) is 0 Å². The highest BCUT2D eigenvalue weighted by molar-refractivity contribution is 5.65. The molecule has 0 unspecified atom stereocenters. The van der Waals surface area contributed by atoms with Crippen LogP contribution in [0.15, 0.2) is 42.5 Å². The highest BCUT2D eigenvalue weighted by atomic mass is 19.1. The van der Waals surface area contributed by atoms with Crippen molar-refractivity contribution in [3.05, 3.63) is 64.2 Å². The first-order valence-electron chi connectivity index (χ1n) is 4.78. The van der Waals surface area contributed by atoms with Gasteiger partial charge in [-0.1, -0.05) is 0 Å². The Bertz CT molecular complexity index is 567. The number of nitro groups is 1. The number of halogens is 2. The first-order chi connectivity index (χ1) is 8.08. The van der Waals surface area contributed by atoms with Crippen molar-refractivity contribution >= 4 is 5.69 Å². The standard InChI is InChI=1S/C12H7F2NO2/c13-9-3-6-12(14)11(7-9)8-1-4-10(5-2-8)15(16)17/h1-7H. The molecule has 0 radical (unpaired) electrons. The smallest absolute Gasteiger partial charge is 0.258 e. The molecule has 2 aromatic rings. The van der Waals surface area contributed by atoms with Crippen LogP contribution in [0, 0.1) is 21.7 Å². The normalized spacial score (nSPS) is 10.2. The summed E-state index contributed by atoms with van der Waals surface area (Å²) in [7, 11) is 0. The summed E-state index contributed by atoms with van der Waals surface area (Å²) in [5, 5.41) is 10.4. The molecular weight excluding hydrogens is 228 g/mol. The molecule has 2 rings (SSSR count). The van der Waals surface area contributed by atoms with Gasteiger partial charge in [-0.2, -0.15) is 0 Å². The van der Waals surface area contributed by atoms with Crippen molar-refractivity contribution in [2.24, 2.45) is 0 Å². The van der Waals surface area contributed by atoms with E-state index >= 15 is 0 Å². The van der Waals surface area contributed by atoms with Gasteiger partial charge in [0.15, 0.2) is 0 Å². The van der Waals surface area contributed by atoms with E-state index in [2.05, 4.69) is 0 Å². The Hall–Kier alpha value is -2.30. The predicted molar refractivity (Wildman–Crippen MR) is 58.4 cm³/mol. The second-order valence-electron chi connectivity index (χ2n) is 3.43. The van der Waals surface area contributed by atoms with Crippen LogP contribution in [0.1, 0.15) is 0 Å². The van der Waals surface area contributed by atoms with Gasteiger partial charge < -0.3 is 0 Å². The molecule has 0 saturated heterocycles.